The Bertz CT molecular complexity index is 1290. The van der Waals surface area contributed by atoms with Crippen LogP contribution in [0, 0.1) is 12.7 Å². The Morgan fingerprint density at radius 3 is 2.66 bits per heavy atom. The van der Waals surface area contributed by atoms with Crippen LogP contribution in [0.5, 0.6) is 0 Å². The lowest BCUT2D eigenvalue weighted by Gasteiger charge is -2.35. The number of hydrogen-bond donors (Lipinski definition) is 2. The van der Waals surface area contributed by atoms with Crippen molar-refractivity contribution in [3.8, 4) is 11.1 Å². The van der Waals surface area contributed by atoms with E-state index in [0.29, 0.717) is 17.4 Å². The lowest BCUT2D eigenvalue weighted by molar-refractivity contribution is 0.245. The highest BCUT2D eigenvalue weighted by Crippen LogP contribution is 2.35. The van der Waals surface area contributed by atoms with E-state index in [1.54, 1.807) is 6.07 Å². The maximum atomic E-state index is 15.0. The molecule has 1 aliphatic rings. The molecule has 0 bridgehead atoms. The molecule has 0 unspecified atom stereocenters. The maximum Gasteiger partial charge on any atom is 0.169 e. The van der Waals surface area contributed by atoms with Gasteiger partial charge in [0.25, 0.3) is 0 Å². The number of fused-ring (bicyclic) bond motifs is 2. The molecule has 0 aliphatic heterocycles. The van der Waals surface area contributed by atoms with Crippen molar-refractivity contribution in [2.24, 2.45) is 5.73 Å². The first-order chi connectivity index (χ1) is 15.3. The van der Waals surface area contributed by atoms with Crippen molar-refractivity contribution in [2.75, 3.05) is 7.05 Å². The number of aryl methyl sites for hydroxylation is 1. The van der Waals surface area contributed by atoms with Gasteiger partial charge in [-0.25, -0.2) is 18.9 Å². The third-order valence-corrected chi connectivity index (χ3v) is 6.90. The Hall–Kier alpha value is -2.84. The average molecular weight is 436 g/mol. The third kappa shape index (κ3) is 3.29. The summed E-state index contributed by atoms with van der Waals surface area (Å²) < 4.78 is 18.9. The first kappa shape index (κ1) is 21.0. The molecule has 7 nitrogen and oxygen atoms in total. The zero-order valence-electron chi connectivity index (χ0n) is 19.1. The van der Waals surface area contributed by atoms with Gasteiger partial charge < -0.3 is 15.6 Å². The molecule has 0 saturated heterocycles. The van der Waals surface area contributed by atoms with Gasteiger partial charge in [0, 0.05) is 23.8 Å². The van der Waals surface area contributed by atoms with Crippen molar-refractivity contribution in [3.63, 3.8) is 0 Å². The summed E-state index contributed by atoms with van der Waals surface area (Å²) >= 11 is 0. The lowest BCUT2D eigenvalue weighted by Crippen LogP contribution is -2.45. The molecule has 1 aromatic carbocycles. The molecule has 168 valence electrons. The fourth-order valence-corrected chi connectivity index (χ4v) is 5.09. The summed E-state index contributed by atoms with van der Waals surface area (Å²) in [5.41, 5.74) is 9.90. The molecule has 1 saturated carbocycles. The summed E-state index contributed by atoms with van der Waals surface area (Å²) in [5.74, 6) is 1.15. The Labute approximate surface area is 186 Å². The molecule has 1 aliphatic carbocycles. The molecule has 3 aromatic heterocycles. The number of halogens is 1. The van der Waals surface area contributed by atoms with Gasteiger partial charge in [-0.2, -0.15) is 5.10 Å². The molecule has 0 amide bonds. The second kappa shape index (κ2) is 7.64. The molecular weight excluding hydrogens is 405 g/mol. The van der Waals surface area contributed by atoms with Crippen LogP contribution in [0.25, 0.3) is 27.7 Å². The van der Waals surface area contributed by atoms with Crippen LogP contribution in [0.15, 0.2) is 30.6 Å². The topological polar surface area (TPSA) is 86.1 Å². The largest absolute Gasteiger partial charge is 0.326 e. The number of benzene rings is 1. The molecule has 0 atom stereocenters. The van der Waals surface area contributed by atoms with Gasteiger partial charge in [0.2, 0.25) is 0 Å². The number of nitrogens with zero attached hydrogens (tertiary/aromatic N) is 5. The quantitative estimate of drug-likeness (QED) is 0.504. The van der Waals surface area contributed by atoms with E-state index in [2.05, 4.69) is 33.7 Å². The van der Waals surface area contributed by atoms with E-state index in [4.69, 9.17) is 10.8 Å². The second-order valence-corrected chi connectivity index (χ2v) is 9.31. The number of rotatable bonds is 4. The van der Waals surface area contributed by atoms with E-state index in [1.807, 2.05) is 43.0 Å². The van der Waals surface area contributed by atoms with Crippen LogP contribution in [-0.2, 0) is 5.54 Å². The van der Waals surface area contributed by atoms with Crippen molar-refractivity contribution in [1.82, 2.24) is 29.5 Å². The zero-order chi connectivity index (χ0) is 22.6. The van der Waals surface area contributed by atoms with Gasteiger partial charge in [-0.1, -0.05) is 0 Å². The van der Waals surface area contributed by atoms with E-state index in [1.165, 1.54) is 0 Å². The predicted molar refractivity (Wildman–Crippen MR) is 124 cm³/mol. The zero-order valence-corrected chi connectivity index (χ0v) is 19.1. The van der Waals surface area contributed by atoms with Crippen LogP contribution in [0.4, 0.5) is 4.39 Å². The van der Waals surface area contributed by atoms with Crippen LogP contribution >= 0.6 is 0 Å². The van der Waals surface area contributed by atoms with Gasteiger partial charge in [0.1, 0.15) is 11.3 Å². The average Bonchev–Trinajstić information content (AvgIpc) is 3.34. The molecule has 0 radical (unpaired) electrons. The molecule has 3 heterocycles. The van der Waals surface area contributed by atoms with Crippen molar-refractivity contribution in [3.05, 3.63) is 48.1 Å². The minimum Gasteiger partial charge on any atom is -0.326 e. The lowest BCUT2D eigenvalue weighted by atomic mass is 9.79. The fourth-order valence-electron chi connectivity index (χ4n) is 5.09. The molecule has 3 N–H and O–H groups in total. The van der Waals surface area contributed by atoms with E-state index in [0.717, 1.165) is 53.7 Å². The Morgan fingerprint density at radius 1 is 1.22 bits per heavy atom. The van der Waals surface area contributed by atoms with E-state index in [-0.39, 0.29) is 11.9 Å². The Kier molecular flexibility index (Phi) is 5.02. The van der Waals surface area contributed by atoms with E-state index >= 15 is 0 Å². The summed E-state index contributed by atoms with van der Waals surface area (Å²) in [5, 5.41) is 8.09. The molecular formula is C24H30FN7. The molecule has 8 heteroatoms. The summed E-state index contributed by atoms with van der Waals surface area (Å²) in [4.78, 5) is 9.10. The minimum absolute atomic E-state index is 0.185. The monoisotopic (exact) mass is 435 g/mol. The van der Waals surface area contributed by atoms with Crippen LogP contribution in [0.2, 0.25) is 0 Å². The highest BCUT2D eigenvalue weighted by molar-refractivity contribution is 5.88. The minimum atomic E-state index is -0.516. The van der Waals surface area contributed by atoms with E-state index in [9.17, 15) is 4.39 Å². The Morgan fingerprint density at radius 2 is 1.97 bits per heavy atom. The molecule has 4 aromatic rings. The van der Waals surface area contributed by atoms with Crippen molar-refractivity contribution in [1.29, 1.82) is 0 Å². The number of imidazole rings is 1. The van der Waals surface area contributed by atoms with Crippen LogP contribution in [-0.4, -0.2) is 37.2 Å². The van der Waals surface area contributed by atoms with Gasteiger partial charge in [0.15, 0.2) is 11.6 Å². The van der Waals surface area contributed by atoms with Gasteiger partial charge in [-0.05, 0) is 77.3 Å². The summed E-state index contributed by atoms with van der Waals surface area (Å²) in [6.45, 7) is 6.07. The van der Waals surface area contributed by atoms with Crippen LogP contribution in [0.3, 0.4) is 0 Å². The second-order valence-electron chi connectivity index (χ2n) is 9.31. The predicted octanol–water partition coefficient (Wildman–Crippen LogP) is 4.09. The maximum absolute atomic E-state index is 15.0. The summed E-state index contributed by atoms with van der Waals surface area (Å²) in [6.07, 6.45) is 7.41. The number of nitrogens with one attached hydrogen (secondary N) is 1. The van der Waals surface area contributed by atoms with Crippen molar-refractivity contribution >= 4 is 16.6 Å². The highest BCUT2D eigenvalue weighted by Gasteiger charge is 2.35. The highest BCUT2D eigenvalue weighted by atomic mass is 19.1. The van der Waals surface area contributed by atoms with Gasteiger partial charge in [-0.3, -0.25) is 0 Å². The smallest absolute Gasteiger partial charge is 0.169 e. The Balaban J connectivity index is 1.56. The SMILES string of the molecule is CNC1CCC(N)(c2ncc3c(-c4cc(F)c5nc(C)n(C(C)C)c5c4)ccn3n2)CC1. The van der Waals surface area contributed by atoms with Gasteiger partial charge in [-0.15, -0.1) is 0 Å². The first-order valence-corrected chi connectivity index (χ1v) is 11.3. The van der Waals surface area contributed by atoms with Gasteiger partial charge >= 0.3 is 0 Å². The fraction of sp³-hybridized carbons (Fsp3) is 0.458. The molecule has 0 spiro atoms. The standard InChI is InChI=1S/C24H30FN7/c1-14(2)32-15(3)29-22-19(25)11-16(12-20(22)32)18-7-10-31-21(18)13-28-23(30-31)24(26)8-5-17(27-4)6-9-24/h7,10-14,17,27H,5-6,8-9,26H2,1-4H3. The van der Waals surface area contributed by atoms with E-state index < -0.39 is 5.54 Å². The van der Waals surface area contributed by atoms with Crippen LogP contribution < -0.4 is 11.1 Å². The molecule has 5 rings (SSSR count). The number of nitrogens with two attached hydrogens (primary N) is 1. The molecule has 1 fully saturated rings. The summed E-state index contributed by atoms with van der Waals surface area (Å²) in [7, 11) is 1.99. The first-order valence-electron chi connectivity index (χ1n) is 11.3. The van der Waals surface area contributed by atoms with Crippen molar-refractivity contribution in [2.45, 2.75) is 64.1 Å². The van der Waals surface area contributed by atoms with Crippen molar-refractivity contribution < 1.29 is 4.39 Å². The third-order valence-electron chi connectivity index (χ3n) is 6.90. The van der Waals surface area contributed by atoms with Crippen LogP contribution in [0.1, 0.15) is 57.2 Å². The normalized spacial score (nSPS) is 21.8. The summed E-state index contributed by atoms with van der Waals surface area (Å²) in [6, 6.07) is 6.20. The van der Waals surface area contributed by atoms with Gasteiger partial charge in [0.05, 0.1) is 22.8 Å². The molecule has 32 heavy (non-hydrogen) atoms. The number of aromatic nitrogens is 5. The number of hydrogen-bond acceptors (Lipinski definition) is 5.